The van der Waals surface area contributed by atoms with Crippen LogP contribution in [0, 0.1) is 9.49 Å². The number of hydrogen-bond donors (Lipinski definition) is 1. The van der Waals surface area contributed by atoms with Gasteiger partial charge in [-0.3, -0.25) is 0 Å². The van der Waals surface area contributed by atoms with E-state index in [2.05, 4.69) is 33.6 Å². The van der Waals surface area contributed by atoms with Crippen molar-refractivity contribution in [2.24, 2.45) is 5.92 Å². The zero-order valence-electron chi connectivity index (χ0n) is 9.45. The third kappa shape index (κ3) is 2.60. The number of anilines is 2. The van der Waals surface area contributed by atoms with Gasteiger partial charge in [0.2, 0.25) is 0 Å². The van der Waals surface area contributed by atoms with Crippen LogP contribution in [0.2, 0.25) is 0 Å². The van der Waals surface area contributed by atoms with Gasteiger partial charge in [-0.1, -0.05) is 0 Å². The van der Waals surface area contributed by atoms with Gasteiger partial charge in [0, 0.05) is 35.4 Å². The third-order valence-electron chi connectivity index (χ3n) is 3.00. The lowest BCUT2D eigenvalue weighted by atomic mass is 10.1. The quantitative estimate of drug-likeness (QED) is 0.682. The summed E-state index contributed by atoms with van der Waals surface area (Å²) in [5.41, 5.74) is 7.89. The Balaban J connectivity index is 2.08. The average Bonchev–Trinajstić information content (AvgIpc) is 2.67. The number of nitrogens with zero attached hydrogens (tertiary/aromatic N) is 1. The summed E-state index contributed by atoms with van der Waals surface area (Å²) in [7, 11) is 1.77. The Labute approximate surface area is 110 Å². The van der Waals surface area contributed by atoms with Gasteiger partial charge in [-0.05, 0) is 47.2 Å². The number of hydrogen-bond acceptors (Lipinski definition) is 3. The molecule has 88 valence electrons. The molecule has 0 aromatic heterocycles. The van der Waals surface area contributed by atoms with Gasteiger partial charge in [-0.15, -0.1) is 0 Å². The first-order valence-electron chi connectivity index (χ1n) is 5.49. The van der Waals surface area contributed by atoms with Gasteiger partial charge in [0.1, 0.15) is 0 Å². The highest BCUT2D eigenvalue weighted by Gasteiger charge is 2.23. The average molecular weight is 332 g/mol. The first-order chi connectivity index (χ1) is 7.70. The minimum atomic E-state index is 0.665. The van der Waals surface area contributed by atoms with Gasteiger partial charge in [-0.25, -0.2) is 0 Å². The number of benzene rings is 1. The maximum absolute atomic E-state index is 5.76. The topological polar surface area (TPSA) is 38.5 Å². The molecule has 1 unspecified atom stereocenters. The fourth-order valence-corrected chi connectivity index (χ4v) is 3.08. The van der Waals surface area contributed by atoms with Crippen LogP contribution >= 0.6 is 22.6 Å². The number of rotatable bonds is 3. The van der Waals surface area contributed by atoms with E-state index in [1.54, 1.807) is 7.11 Å². The molecule has 1 fully saturated rings. The summed E-state index contributed by atoms with van der Waals surface area (Å²) in [5, 5.41) is 0. The minimum Gasteiger partial charge on any atom is -0.399 e. The Hall–Kier alpha value is -0.490. The molecule has 1 aliphatic rings. The molecule has 1 aliphatic heterocycles. The van der Waals surface area contributed by atoms with Crippen molar-refractivity contribution in [3.05, 3.63) is 21.8 Å². The van der Waals surface area contributed by atoms with Crippen molar-refractivity contribution in [1.29, 1.82) is 0 Å². The molecule has 0 bridgehead atoms. The molecule has 16 heavy (non-hydrogen) atoms. The van der Waals surface area contributed by atoms with E-state index in [4.69, 9.17) is 10.5 Å². The van der Waals surface area contributed by atoms with Gasteiger partial charge in [0.25, 0.3) is 0 Å². The van der Waals surface area contributed by atoms with E-state index in [9.17, 15) is 0 Å². The molecule has 4 heteroatoms. The fourth-order valence-electron chi connectivity index (χ4n) is 2.20. The van der Waals surface area contributed by atoms with E-state index in [0.29, 0.717) is 5.92 Å². The van der Waals surface area contributed by atoms with Gasteiger partial charge < -0.3 is 15.4 Å². The molecular weight excluding hydrogens is 315 g/mol. The molecule has 1 heterocycles. The molecule has 0 amide bonds. The van der Waals surface area contributed by atoms with Gasteiger partial charge in [-0.2, -0.15) is 0 Å². The maximum atomic E-state index is 5.76. The molecule has 2 N–H and O–H groups in total. The molecule has 3 nitrogen and oxygen atoms in total. The van der Waals surface area contributed by atoms with Crippen molar-refractivity contribution in [2.75, 3.05) is 37.4 Å². The summed E-state index contributed by atoms with van der Waals surface area (Å²) >= 11 is 2.35. The predicted molar refractivity (Wildman–Crippen MR) is 75.8 cm³/mol. The Morgan fingerprint density at radius 3 is 3.06 bits per heavy atom. The van der Waals surface area contributed by atoms with Crippen LogP contribution in [-0.2, 0) is 4.74 Å². The second-order valence-electron chi connectivity index (χ2n) is 4.27. The number of halogens is 1. The summed E-state index contributed by atoms with van der Waals surface area (Å²) < 4.78 is 6.44. The molecule has 2 rings (SSSR count). The van der Waals surface area contributed by atoms with Crippen molar-refractivity contribution in [3.8, 4) is 0 Å². The standard InChI is InChI=1S/C12H17IN2O/c1-16-8-9-4-5-15(7-9)12-3-2-10(14)6-11(12)13/h2-3,6,9H,4-5,7-8,14H2,1H3. The zero-order valence-corrected chi connectivity index (χ0v) is 11.6. The van der Waals surface area contributed by atoms with Crippen molar-refractivity contribution in [1.82, 2.24) is 0 Å². The van der Waals surface area contributed by atoms with Gasteiger partial charge >= 0.3 is 0 Å². The minimum absolute atomic E-state index is 0.665. The Morgan fingerprint density at radius 1 is 1.56 bits per heavy atom. The smallest absolute Gasteiger partial charge is 0.0508 e. The Morgan fingerprint density at radius 2 is 2.38 bits per heavy atom. The lowest BCUT2D eigenvalue weighted by Gasteiger charge is -2.20. The van der Waals surface area contributed by atoms with E-state index < -0.39 is 0 Å². The number of nitrogens with two attached hydrogens (primary N) is 1. The van der Waals surface area contributed by atoms with Gasteiger partial charge in [0.15, 0.2) is 0 Å². The molecule has 0 saturated carbocycles. The van der Waals surface area contributed by atoms with E-state index in [0.717, 1.165) is 25.4 Å². The molecule has 1 aromatic rings. The van der Waals surface area contributed by atoms with Crippen molar-refractivity contribution in [3.63, 3.8) is 0 Å². The molecule has 1 atom stereocenters. The maximum Gasteiger partial charge on any atom is 0.0508 e. The van der Waals surface area contributed by atoms with Crippen LogP contribution in [0.5, 0.6) is 0 Å². The lowest BCUT2D eigenvalue weighted by Crippen LogP contribution is -2.21. The number of methoxy groups -OCH3 is 1. The number of nitrogen functional groups attached to an aromatic ring is 1. The van der Waals surface area contributed by atoms with Crippen LogP contribution in [0.25, 0.3) is 0 Å². The molecule has 1 saturated heterocycles. The molecule has 0 spiro atoms. The van der Waals surface area contributed by atoms with Crippen LogP contribution < -0.4 is 10.6 Å². The van der Waals surface area contributed by atoms with Gasteiger partial charge in [0.05, 0.1) is 12.3 Å². The predicted octanol–water partition coefficient (Wildman–Crippen LogP) is 2.35. The van der Waals surface area contributed by atoms with E-state index in [1.165, 1.54) is 15.7 Å². The molecule has 0 aliphatic carbocycles. The normalized spacial score (nSPS) is 20.4. The second-order valence-corrected chi connectivity index (χ2v) is 5.43. The summed E-state index contributed by atoms with van der Waals surface area (Å²) in [6.07, 6.45) is 1.22. The Bertz CT molecular complexity index is 370. The van der Waals surface area contributed by atoms with Crippen LogP contribution in [0.15, 0.2) is 18.2 Å². The molecule has 1 aromatic carbocycles. The first-order valence-corrected chi connectivity index (χ1v) is 6.57. The SMILES string of the molecule is COCC1CCN(c2ccc(N)cc2I)C1. The summed E-state index contributed by atoms with van der Waals surface area (Å²) in [6, 6.07) is 6.12. The number of ether oxygens (including phenoxy) is 1. The Kier molecular flexibility index (Phi) is 3.91. The van der Waals surface area contributed by atoms with Crippen molar-refractivity contribution < 1.29 is 4.74 Å². The lowest BCUT2D eigenvalue weighted by molar-refractivity contribution is 0.161. The summed E-state index contributed by atoms with van der Waals surface area (Å²) in [5.74, 6) is 0.665. The van der Waals surface area contributed by atoms with E-state index in [1.807, 2.05) is 12.1 Å². The highest BCUT2D eigenvalue weighted by Crippen LogP contribution is 2.29. The van der Waals surface area contributed by atoms with Crippen LogP contribution in [0.1, 0.15) is 6.42 Å². The zero-order chi connectivity index (χ0) is 11.5. The van der Waals surface area contributed by atoms with Crippen LogP contribution in [0.3, 0.4) is 0 Å². The van der Waals surface area contributed by atoms with E-state index >= 15 is 0 Å². The summed E-state index contributed by atoms with van der Waals surface area (Å²) in [6.45, 7) is 3.07. The van der Waals surface area contributed by atoms with Crippen molar-refractivity contribution >= 4 is 34.0 Å². The highest BCUT2D eigenvalue weighted by molar-refractivity contribution is 14.1. The first kappa shape index (κ1) is 12.0. The monoisotopic (exact) mass is 332 g/mol. The molecule has 0 radical (unpaired) electrons. The van der Waals surface area contributed by atoms with Crippen LogP contribution in [0.4, 0.5) is 11.4 Å². The highest BCUT2D eigenvalue weighted by atomic mass is 127. The fraction of sp³-hybridized carbons (Fsp3) is 0.500. The third-order valence-corrected chi connectivity index (χ3v) is 3.86. The van der Waals surface area contributed by atoms with Crippen molar-refractivity contribution in [2.45, 2.75) is 6.42 Å². The molecular formula is C12H17IN2O. The second kappa shape index (κ2) is 5.23. The summed E-state index contributed by atoms with van der Waals surface area (Å²) in [4.78, 5) is 2.42. The van der Waals surface area contributed by atoms with Crippen LogP contribution in [-0.4, -0.2) is 26.8 Å². The largest absolute Gasteiger partial charge is 0.399 e. The van der Waals surface area contributed by atoms with E-state index in [-0.39, 0.29) is 0 Å².